The van der Waals surface area contributed by atoms with Gasteiger partial charge in [0.2, 0.25) is 0 Å². The van der Waals surface area contributed by atoms with E-state index in [1.165, 1.54) is 6.33 Å². The van der Waals surface area contributed by atoms with Crippen molar-refractivity contribution in [1.29, 1.82) is 0 Å². The number of aromatic nitrogens is 3. The van der Waals surface area contributed by atoms with E-state index in [2.05, 4.69) is 34.6 Å². The maximum absolute atomic E-state index is 12.1. The molecule has 0 aliphatic heterocycles. The summed E-state index contributed by atoms with van der Waals surface area (Å²) >= 11 is 0. The Morgan fingerprint density at radius 1 is 1.29 bits per heavy atom. The number of benzene rings is 1. The van der Waals surface area contributed by atoms with Crippen LogP contribution in [-0.4, -0.2) is 38.6 Å². The molecule has 7 heteroatoms. The van der Waals surface area contributed by atoms with Crippen molar-refractivity contribution in [2.75, 3.05) is 6.61 Å². The van der Waals surface area contributed by atoms with Crippen molar-refractivity contribution >= 4 is 6.03 Å². The Hall–Kier alpha value is -2.41. The van der Waals surface area contributed by atoms with Crippen molar-refractivity contribution in [3.05, 3.63) is 42.5 Å². The van der Waals surface area contributed by atoms with Crippen LogP contribution < -0.4 is 10.6 Å². The molecule has 0 fully saturated rings. The number of nitrogens with zero attached hydrogens (tertiary/aromatic N) is 3. The van der Waals surface area contributed by atoms with Crippen molar-refractivity contribution in [3.8, 4) is 5.69 Å². The number of carbonyl (C=O) groups excluding carboxylic acids is 1. The molecule has 0 bridgehead atoms. The smallest absolute Gasteiger partial charge is 0.315 e. The SMILES string of the molecule is CC(C)C[C@H](CO)NC(=O)N[C@@H](C)c1cccc(-n2cncn2)c1. The molecule has 1 heterocycles. The summed E-state index contributed by atoms with van der Waals surface area (Å²) in [5.41, 5.74) is 1.84. The summed E-state index contributed by atoms with van der Waals surface area (Å²) in [7, 11) is 0. The second kappa shape index (κ2) is 8.44. The first-order valence-corrected chi connectivity index (χ1v) is 8.12. The van der Waals surface area contributed by atoms with E-state index in [9.17, 15) is 9.90 Å². The molecule has 7 nitrogen and oxygen atoms in total. The van der Waals surface area contributed by atoms with Crippen LogP contribution >= 0.6 is 0 Å². The number of hydrogen-bond donors (Lipinski definition) is 3. The van der Waals surface area contributed by atoms with Crippen LogP contribution in [0.4, 0.5) is 4.79 Å². The van der Waals surface area contributed by atoms with E-state index in [0.717, 1.165) is 17.7 Å². The Balaban J connectivity index is 1.98. The van der Waals surface area contributed by atoms with Gasteiger partial charge in [0.15, 0.2) is 0 Å². The maximum atomic E-state index is 12.1. The second-order valence-corrected chi connectivity index (χ2v) is 6.28. The third-order valence-corrected chi connectivity index (χ3v) is 3.71. The van der Waals surface area contributed by atoms with E-state index in [-0.39, 0.29) is 24.7 Å². The first-order valence-electron chi connectivity index (χ1n) is 8.12. The maximum Gasteiger partial charge on any atom is 0.315 e. The summed E-state index contributed by atoms with van der Waals surface area (Å²) < 4.78 is 1.67. The third-order valence-electron chi connectivity index (χ3n) is 3.71. The fourth-order valence-corrected chi connectivity index (χ4v) is 2.53. The molecule has 130 valence electrons. The van der Waals surface area contributed by atoms with Crippen LogP contribution in [0.15, 0.2) is 36.9 Å². The molecular weight excluding hydrogens is 306 g/mol. The molecule has 1 aromatic carbocycles. The normalized spacial score (nSPS) is 13.5. The zero-order chi connectivity index (χ0) is 17.5. The largest absolute Gasteiger partial charge is 0.394 e. The molecule has 2 rings (SSSR count). The number of aliphatic hydroxyl groups is 1. The van der Waals surface area contributed by atoms with Gasteiger partial charge in [-0.25, -0.2) is 14.5 Å². The Morgan fingerprint density at radius 2 is 2.08 bits per heavy atom. The predicted octanol–water partition coefficient (Wildman–Crippen LogP) is 2.03. The third kappa shape index (κ3) is 5.06. The number of amides is 2. The van der Waals surface area contributed by atoms with Gasteiger partial charge in [0, 0.05) is 0 Å². The first kappa shape index (κ1) is 17.9. The lowest BCUT2D eigenvalue weighted by Gasteiger charge is -2.21. The Morgan fingerprint density at radius 3 is 2.71 bits per heavy atom. The number of urea groups is 1. The van der Waals surface area contributed by atoms with E-state index >= 15 is 0 Å². The van der Waals surface area contributed by atoms with Gasteiger partial charge in [0.25, 0.3) is 0 Å². The Kier molecular flexibility index (Phi) is 6.31. The molecule has 0 radical (unpaired) electrons. The molecule has 3 N–H and O–H groups in total. The monoisotopic (exact) mass is 331 g/mol. The van der Waals surface area contributed by atoms with Crippen LogP contribution in [0.25, 0.3) is 5.69 Å². The number of hydrogen-bond acceptors (Lipinski definition) is 4. The molecular formula is C17H25N5O2. The van der Waals surface area contributed by atoms with Crippen molar-refractivity contribution in [3.63, 3.8) is 0 Å². The highest BCUT2D eigenvalue weighted by Gasteiger charge is 2.15. The number of carbonyl (C=O) groups is 1. The molecule has 24 heavy (non-hydrogen) atoms. The average Bonchev–Trinajstić information content (AvgIpc) is 3.08. The van der Waals surface area contributed by atoms with Crippen LogP contribution in [0.2, 0.25) is 0 Å². The van der Waals surface area contributed by atoms with Gasteiger partial charge in [-0.2, -0.15) is 5.10 Å². The zero-order valence-corrected chi connectivity index (χ0v) is 14.3. The summed E-state index contributed by atoms with van der Waals surface area (Å²) in [5.74, 6) is 0.402. The predicted molar refractivity (Wildman–Crippen MR) is 91.8 cm³/mol. The number of nitrogens with one attached hydrogen (secondary N) is 2. The van der Waals surface area contributed by atoms with Gasteiger partial charge in [-0.05, 0) is 37.0 Å². The second-order valence-electron chi connectivity index (χ2n) is 6.28. The van der Waals surface area contributed by atoms with Gasteiger partial charge in [-0.3, -0.25) is 0 Å². The highest BCUT2D eigenvalue weighted by molar-refractivity contribution is 5.74. The molecule has 0 unspecified atom stereocenters. The summed E-state index contributed by atoms with van der Waals surface area (Å²) in [6, 6.07) is 7.05. The van der Waals surface area contributed by atoms with Crippen LogP contribution in [0.5, 0.6) is 0 Å². The van der Waals surface area contributed by atoms with E-state index < -0.39 is 0 Å². The van der Waals surface area contributed by atoms with Gasteiger partial charge in [0.1, 0.15) is 12.7 Å². The molecule has 2 atom stereocenters. The summed E-state index contributed by atoms with van der Waals surface area (Å²) in [4.78, 5) is 16.1. The minimum absolute atomic E-state index is 0.0677. The molecule has 0 spiro atoms. The quantitative estimate of drug-likeness (QED) is 0.724. The van der Waals surface area contributed by atoms with Crippen molar-refractivity contribution in [1.82, 2.24) is 25.4 Å². The van der Waals surface area contributed by atoms with Crippen LogP contribution in [0, 0.1) is 5.92 Å². The van der Waals surface area contributed by atoms with E-state index in [1.54, 1.807) is 11.0 Å². The van der Waals surface area contributed by atoms with E-state index in [4.69, 9.17) is 0 Å². The molecule has 1 aromatic heterocycles. The lowest BCUT2D eigenvalue weighted by Crippen LogP contribution is -2.45. The average molecular weight is 331 g/mol. The highest BCUT2D eigenvalue weighted by atomic mass is 16.3. The highest BCUT2D eigenvalue weighted by Crippen LogP contribution is 2.16. The Labute approximate surface area is 142 Å². The molecule has 0 aliphatic carbocycles. The minimum Gasteiger partial charge on any atom is -0.394 e. The Bertz CT molecular complexity index is 642. The number of aliphatic hydroxyl groups excluding tert-OH is 1. The van der Waals surface area contributed by atoms with Crippen molar-refractivity contribution < 1.29 is 9.90 Å². The van der Waals surface area contributed by atoms with Gasteiger partial charge in [-0.15, -0.1) is 0 Å². The summed E-state index contributed by atoms with van der Waals surface area (Å²) in [6.45, 7) is 5.96. The fourth-order valence-electron chi connectivity index (χ4n) is 2.53. The molecule has 2 amide bonds. The van der Waals surface area contributed by atoms with Gasteiger partial charge in [-0.1, -0.05) is 26.0 Å². The zero-order valence-electron chi connectivity index (χ0n) is 14.3. The molecule has 2 aromatic rings. The van der Waals surface area contributed by atoms with Gasteiger partial charge < -0.3 is 15.7 Å². The summed E-state index contributed by atoms with van der Waals surface area (Å²) in [6.07, 6.45) is 3.84. The minimum atomic E-state index is -0.284. The van der Waals surface area contributed by atoms with Crippen molar-refractivity contribution in [2.45, 2.75) is 39.3 Å². The van der Waals surface area contributed by atoms with Crippen LogP contribution in [0.3, 0.4) is 0 Å². The fraction of sp³-hybridized carbons (Fsp3) is 0.471. The van der Waals surface area contributed by atoms with E-state index in [1.807, 2.05) is 31.2 Å². The first-order chi connectivity index (χ1) is 11.5. The van der Waals surface area contributed by atoms with E-state index in [0.29, 0.717) is 5.92 Å². The summed E-state index contributed by atoms with van der Waals surface area (Å²) in [5, 5.41) is 19.2. The van der Waals surface area contributed by atoms with Crippen LogP contribution in [0.1, 0.15) is 38.8 Å². The lowest BCUT2D eigenvalue weighted by atomic mass is 10.0. The molecule has 0 saturated carbocycles. The van der Waals surface area contributed by atoms with Crippen LogP contribution in [-0.2, 0) is 0 Å². The van der Waals surface area contributed by atoms with Gasteiger partial charge in [0.05, 0.1) is 24.4 Å². The molecule has 0 saturated heterocycles. The lowest BCUT2D eigenvalue weighted by molar-refractivity contribution is 0.205. The molecule has 0 aliphatic rings. The number of rotatable bonds is 7. The van der Waals surface area contributed by atoms with Crippen molar-refractivity contribution in [2.24, 2.45) is 5.92 Å². The van der Waals surface area contributed by atoms with Gasteiger partial charge >= 0.3 is 6.03 Å². The standard InChI is InChI=1S/C17H25N5O2/c1-12(2)7-15(9-23)21-17(24)20-13(3)14-5-4-6-16(8-14)22-11-18-10-19-22/h4-6,8,10-13,15,23H,7,9H2,1-3H3,(H2,20,21,24)/t13-,15+/m0/s1. The topological polar surface area (TPSA) is 92.1 Å².